The van der Waals surface area contributed by atoms with Crippen molar-refractivity contribution in [1.82, 2.24) is 5.32 Å². The second-order valence-electron chi connectivity index (χ2n) is 8.63. The van der Waals surface area contributed by atoms with E-state index in [0.29, 0.717) is 29.2 Å². The molecule has 0 atom stereocenters. The van der Waals surface area contributed by atoms with Crippen LogP contribution in [0.5, 0.6) is 0 Å². The van der Waals surface area contributed by atoms with Crippen molar-refractivity contribution in [1.29, 1.82) is 0 Å². The van der Waals surface area contributed by atoms with Crippen LogP contribution in [0.4, 0.5) is 4.39 Å². The highest BCUT2D eigenvalue weighted by atomic mass is 19.1. The number of benzene rings is 2. The number of nitrogens with one attached hydrogen (secondary N) is 1. The smallest absolute Gasteiger partial charge is 0.244 e. The van der Waals surface area contributed by atoms with Crippen LogP contribution in [0.1, 0.15) is 30.5 Å². The van der Waals surface area contributed by atoms with Gasteiger partial charge in [0.25, 0.3) is 0 Å². The van der Waals surface area contributed by atoms with Gasteiger partial charge in [-0.2, -0.15) is 0 Å². The minimum absolute atomic E-state index is 0.260. The second kappa shape index (κ2) is 9.76. The second-order valence-corrected chi connectivity index (χ2v) is 8.63. The maximum atomic E-state index is 14.2. The Morgan fingerprint density at radius 3 is 2.34 bits per heavy atom. The first-order chi connectivity index (χ1) is 16.7. The van der Waals surface area contributed by atoms with Crippen LogP contribution in [0, 0.1) is 5.82 Å². The minimum Gasteiger partial charge on any atom is -0.498 e. The van der Waals surface area contributed by atoms with E-state index in [-0.39, 0.29) is 11.7 Å². The fraction of sp³-hybridized carbons (Fsp3) is 0.207. The number of methoxy groups -OCH3 is 2. The van der Waals surface area contributed by atoms with Crippen molar-refractivity contribution in [3.8, 4) is 0 Å². The minimum atomic E-state index is -1.39. The van der Waals surface area contributed by atoms with E-state index < -0.39 is 5.60 Å². The molecule has 2 N–H and O–H groups in total. The number of aliphatic hydroxyl groups is 1. The Bertz CT molecular complexity index is 1290. The molecule has 4 rings (SSSR count). The molecule has 6 heteroatoms. The summed E-state index contributed by atoms with van der Waals surface area (Å²) in [5.74, 6) is 0.0477. The monoisotopic (exact) mass is 473 g/mol. The molecule has 0 radical (unpaired) electrons. The van der Waals surface area contributed by atoms with Gasteiger partial charge in [0, 0.05) is 12.6 Å². The number of hydrogen-bond donors (Lipinski definition) is 2. The molecule has 0 aliphatic heterocycles. The van der Waals surface area contributed by atoms with Crippen LogP contribution >= 0.6 is 0 Å². The molecule has 0 bridgehead atoms. The standard InChI is InChI=1S/C29H28FNO4/c1-18-23(12-20-13-26(34-3)29(2,33)27(14-20)35-4)22-11-10-21(30)15-25(22)24(18)16-28(32)31-17-19-8-6-5-7-9-19/h5-16,33H,17H2,1-4H3,(H,31,32)/b20-12?,24-16-. The van der Waals surface area contributed by atoms with E-state index in [4.69, 9.17) is 9.47 Å². The number of carbonyl (C=O) groups excluding carboxylic acids is 1. The summed E-state index contributed by atoms with van der Waals surface area (Å²) in [6, 6.07) is 14.2. The molecule has 5 nitrogen and oxygen atoms in total. The Morgan fingerprint density at radius 1 is 1.06 bits per heavy atom. The summed E-state index contributed by atoms with van der Waals surface area (Å²) in [5.41, 5.74) is 4.15. The van der Waals surface area contributed by atoms with E-state index in [1.54, 1.807) is 25.1 Å². The molecule has 0 saturated carbocycles. The number of fused-ring (bicyclic) bond motifs is 1. The first-order valence-corrected chi connectivity index (χ1v) is 11.3. The molecule has 0 saturated heterocycles. The van der Waals surface area contributed by atoms with Crippen LogP contribution < -0.4 is 5.32 Å². The molecule has 0 heterocycles. The van der Waals surface area contributed by atoms with Gasteiger partial charge in [-0.1, -0.05) is 36.4 Å². The number of amides is 1. The molecule has 2 aromatic rings. The number of carbonyl (C=O) groups is 1. The third-order valence-electron chi connectivity index (χ3n) is 6.26. The summed E-state index contributed by atoms with van der Waals surface area (Å²) in [6.07, 6.45) is 6.91. The van der Waals surface area contributed by atoms with Gasteiger partial charge in [-0.15, -0.1) is 0 Å². The number of halogens is 1. The molecule has 2 aliphatic rings. The van der Waals surface area contributed by atoms with Gasteiger partial charge in [0.2, 0.25) is 5.91 Å². The first-order valence-electron chi connectivity index (χ1n) is 11.3. The summed E-state index contributed by atoms with van der Waals surface area (Å²) in [5, 5.41) is 13.7. The maximum absolute atomic E-state index is 14.2. The van der Waals surface area contributed by atoms with E-state index in [1.807, 2.05) is 43.3 Å². The first kappa shape index (κ1) is 24.2. The van der Waals surface area contributed by atoms with Gasteiger partial charge < -0.3 is 19.9 Å². The fourth-order valence-electron chi connectivity index (χ4n) is 4.37. The molecule has 0 aromatic heterocycles. The zero-order valence-electron chi connectivity index (χ0n) is 20.2. The lowest BCUT2D eigenvalue weighted by molar-refractivity contribution is -0.116. The van der Waals surface area contributed by atoms with Gasteiger partial charge in [-0.05, 0) is 83.2 Å². The Hall–Kier alpha value is -3.90. The Balaban J connectivity index is 1.73. The van der Waals surface area contributed by atoms with E-state index in [2.05, 4.69) is 5.32 Å². The van der Waals surface area contributed by atoms with E-state index in [1.165, 1.54) is 32.4 Å². The Kier molecular flexibility index (Phi) is 6.76. The zero-order valence-corrected chi connectivity index (χ0v) is 20.2. The number of ether oxygens (including phenoxy) is 2. The molecule has 0 spiro atoms. The average Bonchev–Trinajstić information content (AvgIpc) is 3.09. The Morgan fingerprint density at radius 2 is 1.71 bits per heavy atom. The van der Waals surface area contributed by atoms with Crippen LogP contribution in [-0.2, 0) is 20.8 Å². The number of rotatable bonds is 6. The van der Waals surface area contributed by atoms with Gasteiger partial charge in [0.1, 0.15) is 17.3 Å². The molecule has 2 aliphatic carbocycles. The van der Waals surface area contributed by atoms with E-state index in [9.17, 15) is 14.3 Å². The molecule has 1 amide bonds. The molecule has 0 fully saturated rings. The lowest BCUT2D eigenvalue weighted by Crippen LogP contribution is -2.33. The van der Waals surface area contributed by atoms with E-state index in [0.717, 1.165) is 27.8 Å². The molecular formula is C29H28FNO4. The van der Waals surface area contributed by atoms with Crippen LogP contribution in [0.25, 0.3) is 11.1 Å². The number of allylic oxidation sites excluding steroid dienone is 7. The highest BCUT2D eigenvalue weighted by molar-refractivity contribution is 6.08. The summed E-state index contributed by atoms with van der Waals surface area (Å²) >= 11 is 0. The van der Waals surface area contributed by atoms with Crippen molar-refractivity contribution in [2.24, 2.45) is 0 Å². The summed E-state index contributed by atoms with van der Waals surface area (Å²) in [7, 11) is 2.98. The third kappa shape index (κ3) is 4.84. The van der Waals surface area contributed by atoms with Gasteiger partial charge in [0.15, 0.2) is 5.60 Å². The fourth-order valence-corrected chi connectivity index (χ4v) is 4.37. The van der Waals surface area contributed by atoms with Crippen molar-refractivity contribution < 1.29 is 23.8 Å². The highest BCUT2D eigenvalue weighted by Gasteiger charge is 2.36. The van der Waals surface area contributed by atoms with Crippen molar-refractivity contribution in [2.45, 2.75) is 26.0 Å². The summed E-state index contributed by atoms with van der Waals surface area (Å²) < 4.78 is 25.0. The lowest BCUT2D eigenvalue weighted by Gasteiger charge is -2.30. The van der Waals surface area contributed by atoms with Crippen molar-refractivity contribution in [2.75, 3.05) is 14.2 Å². The van der Waals surface area contributed by atoms with Crippen LogP contribution in [-0.4, -0.2) is 30.8 Å². The zero-order chi connectivity index (χ0) is 25.2. The largest absolute Gasteiger partial charge is 0.498 e. The average molecular weight is 474 g/mol. The molecule has 35 heavy (non-hydrogen) atoms. The van der Waals surface area contributed by atoms with Crippen molar-refractivity contribution in [3.05, 3.63) is 118 Å². The molecule has 180 valence electrons. The normalized spacial score (nSPS) is 20.3. The summed E-state index contributed by atoms with van der Waals surface area (Å²) in [6.45, 7) is 3.90. The topological polar surface area (TPSA) is 67.8 Å². The van der Waals surface area contributed by atoms with Gasteiger partial charge in [-0.25, -0.2) is 4.39 Å². The quantitative estimate of drug-likeness (QED) is 0.576. The number of hydrogen-bond acceptors (Lipinski definition) is 4. The Labute approximate surface area is 204 Å². The summed E-state index contributed by atoms with van der Waals surface area (Å²) in [4.78, 5) is 12.7. The van der Waals surface area contributed by atoms with Gasteiger partial charge >= 0.3 is 0 Å². The molecule has 2 aromatic carbocycles. The predicted octanol–water partition coefficient (Wildman–Crippen LogP) is 5.06. The van der Waals surface area contributed by atoms with Crippen molar-refractivity contribution >= 4 is 17.1 Å². The lowest BCUT2D eigenvalue weighted by atomic mass is 9.91. The molecular weight excluding hydrogens is 445 g/mol. The predicted molar refractivity (Wildman–Crippen MR) is 134 cm³/mol. The third-order valence-corrected chi connectivity index (χ3v) is 6.26. The van der Waals surface area contributed by atoms with Crippen LogP contribution in [0.2, 0.25) is 0 Å². The molecule has 0 unspecified atom stereocenters. The maximum Gasteiger partial charge on any atom is 0.244 e. The van der Waals surface area contributed by atoms with Crippen molar-refractivity contribution in [3.63, 3.8) is 0 Å². The highest BCUT2D eigenvalue weighted by Crippen LogP contribution is 2.43. The van der Waals surface area contributed by atoms with Gasteiger partial charge in [0.05, 0.1) is 14.2 Å². The SMILES string of the molecule is COC1=CC(=CC2=C(C)/C(=C/C(=O)NCc3ccccc3)c3cc(F)ccc32)C=C(OC)C1(C)O. The van der Waals surface area contributed by atoms with Gasteiger partial charge in [-0.3, -0.25) is 4.79 Å². The van der Waals surface area contributed by atoms with Crippen LogP contribution in [0.15, 0.2) is 95.5 Å². The van der Waals surface area contributed by atoms with Crippen LogP contribution in [0.3, 0.4) is 0 Å². The van der Waals surface area contributed by atoms with E-state index >= 15 is 0 Å².